The van der Waals surface area contributed by atoms with E-state index < -0.39 is 0 Å². The van der Waals surface area contributed by atoms with Crippen molar-refractivity contribution in [2.45, 2.75) is 32.0 Å². The van der Waals surface area contributed by atoms with Crippen molar-refractivity contribution in [1.82, 2.24) is 4.90 Å². The third-order valence-corrected chi connectivity index (χ3v) is 2.70. The lowest BCUT2D eigenvalue weighted by atomic mass is 10.1. The van der Waals surface area contributed by atoms with Crippen molar-refractivity contribution in [3.63, 3.8) is 0 Å². The molecule has 0 radical (unpaired) electrons. The fourth-order valence-corrected chi connectivity index (χ4v) is 1.91. The lowest BCUT2D eigenvalue weighted by Gasteiger charge is -2.33. The molecule has 1 heterocycles. The highest BCUT2D eigenvalue weighted by molar-refractivity contribution is 6.17. The topological polar surface area (TPSA) is 32.7 Å². The first-order chi connectivity index (χ1) is 6.72. The molecule has 0 aromatic carbocycles. The molecule has 4 heteroatoms. The van der Waals surface area contributed by atoms with Crippen LogP contribution in [-0.2, 0) is 4.74 Å². The highest BCUT2D eigenvalue weighted by Gasteiger charge is 2.20. The number of nitrogens with zero attached hydrogens (tertiary/aromatic N) is 1. The lowest BCUT2D eigenvalue weighted by molar-refractivity contribution is -0.0473. The molecule has 1 saturated heterocycles. The van der Waals surface area contributed by atoms with Gasteiger partial charge in [-0.25, -0.2) is 0 Å². The molecule has 2 atom stereocenters. The zero-order valence-corrected chi connectivity index (χ0v) is 9.54. The van der Waals surface area contributed by atoms with E-state index in [0.29, 0.717) is 0 Å². The Balaban J connectivity index is 2.21. The van der Waals surface area contributed by atoms with Crippen molar-refractivity contribution >= 4 is 11.6 Å². The number of hydrogen-bond acceptors (Lipinski definition) is 3. The second-order valence-electron chi connectivity index (χ2n) is 3.92. The Morgan fingerprint density at radius 3 is 3.07 bits per heavy atom. The summed E-state index contributed by atoms with van der Waals surface area (Å²) in [5, 5.41) is 9.25. The normalized spacial score (nSPS) is 26.4. The van der Waals surface area contributed by atoms with Gasteiger partial charge in [-0.3, -0.25) is 4.90 Å². The maximum absolute atomic E-state index is 9.25. The number of hydrogen-bond donors (Lipinski definition) is 1. The van der Waals surface area contributed by atoms with Gasteiger partial charge in [0, 0.05) is 25.4 Å². The summed E-state index contributed by atoms with van der Waals surface area (Å²) in [6, 6.07) is 0. The van der Waals surface area contributed by atoms with Gasteiger partial charge in [-0.2, -0.15) is 0 Å². The van der Waals surface area contributed by atoms with Gasteiger partial charge in [0.25, 0.3) is 0 Å². The van der Waals surface area contributed by atoms with Gasteiger partial charge >= 0.3 is 0 Å². The van der Waals surface area contributed by atoms with Crippen LogP contribution in [-0.4, -0.2) is 54.3 Å². The minimum atomic E-state index is -0.270. The van der Waals surface area contributed by atoms with Crippen molar-refractivity contribution < 1.29 is 9.84 Å². The second-order valence-corrected chi connectivity index (χ2v) is 4.30. The molecule has 1 fully saturated rings. The van der Waals surface area contributed by atoms with Gasteiger partial charge in [0.1, 0.15) is 0 Å². The third-order valence-electron chi connectivity index (χ3n) is 2.43. The van der Waals surface area contributed by atoms with Crippen molar-refractivity contribution in [2.75, 3.05) is 32.1 Å². The van der Waals surface area contributed by atoms with Crippen LogP contribution >= 0.6 is 11.6 Å². The van der Waals surface area contributed by atoms with Crippen molar-refractivity contribution in [2.24, 2.45) is 0 Å². The summed E-state index contributed by atoms with van der Waals surface area (Å²) >= 11 is 5.64. The summed E-state index contributed by atoms with van der Waals surface area (Å²) in [6.07, 6.45) is 1.69. The van der Waals surface area contributed by atoms with E-state index in [9.17, 15) is 5.11 Å². The average Bonchev–Trinajstić information content (AvgIpc) is 2.14. The van der Waals surface area contributed by atoms with Gasteiger partial charge < -0.3 is 9.84 Å². The van der Waals surface area contributed by atoms with Crippen LogP contribution in [0.5, 0.6) is 0 Å². The lowest BCUT2D eigenvalue weighted by Crippen LogP contribution is -2.43. The third kappa shape index (κ3) is 4.60. The molecule has 0 saturated carbocycles. The van der Waals surface area contributed by atoms with Gasteiger partial charge in [-0.05, 0) is 19.9 Å². The summed E-state index contributed by atoms with van der Waals surface area (Å²) in [5.74, 6) is 0.721. The van der Waals surface area contributed by atoms with Crippen LogP contribution in [0.25, 0.3) is 0 Å². The fraction of sp³-hybridized carbons (Fsp3) is 1.00. The summed E-state index contributed by atoms with van der Waals surface area (Å²) in [7, 11) is 0. The number of alkyl halides is 1. The zero-order valence-electron chi connectivity index (χ0n) is 8.79. The summed E-state index contributed by atoms with van der Waals surface area (Å²) in [5.41, 5.74) is 0. The van der Waals surface area contributed by atoms with E-state index in [4.69, 9.17) is 16.3 Å². The van der Waals surface area contributed by atoms with Crippen molar-refractivity contribution in [1.29, 1.82) is 0 Å². The van der Waals surface area contributed by atoms with E-state index in [0.717, 1.165) is 45.0 Å². The number of ether oxygens (including phenoxy) is 1. The molecule has 84 valence electrons. The molecule has 1 unspecified atom stereocenters. The average molecular weight is 222 g/mol. The Morgan fingerprint density at radius 2 is 2.43 bits per heavy atom. The Bertz CT molecular complexity index is 155. The Kier molecular flexibility index (Phi) is 5.78. The molecule has 1 rings (SSSR count). The minimum absolute atomic E-state index is 0.194. The highest BCUT2D eigenvalue weighted by atomic mass is 35.5. The largest absolute Gasteiger partial charge is 0.393 e. The van der Waals surface area contributed by atoms with E-state index in [1.807, 2.05) is 0 Å². The van der Waals surface area contributed by atoms with Gasteiger partial charge in [0.05, 0.1) is 18.8 Å². The maximum Gasteiger partial charge on any atom is 0.0727 e. The van der Waals surface area contributed by atoms with E-state index in [1.54, 1.807) is 6.92 Å². The predicted molar refractivity (Wildman–Crippen MR) is 57.8 cm³/mol. The number of rotatable bonds is 5. The predicted octanol–water partition coefficient (Wildman–Crippen LogP) is 1.09. The van der Waals surface area contributed by atoms with Crippen LogP contribution in [0.15, 0.2) is 0 Å². The summed E-state index contributed by atoms with van der Waals surface area (Å²) in [6.45, 7) is 5.55. The minimum Gasteiger partial charge on any atom is -0.393 e. The molecule has 3 nitrogen and oxygen atoms in total. The molecule has 1 aliphatic heterocycles. The van der Waals surface area contributed by atoms with Crippen LogP contribution in [0.4, 0.5) is 0 Å². The number of aliphatic hydroxyl groups excluding tert-OH is 1. The molecule has 0 bridgehead atoms. The summed E-state index contributed by atoms with van der Waals surface area (Å²) < 4.78 is 5.56. The molecule has 0 aromatic rings. The van der Waals surface area contributed by atoms with E-state index in [-0.39, 0.29) is 12.2 Å². The Hall–Kier alpha value is 0.170. The molecule has 1 N–H and O–H groups in total. The molecule has 0 aliphatic carbocycles. The van der Waals surface area contributed by atoms with E-state index in [2.05, 4.69) is 4.90 Å². The molecule has 1 aliphatic rings. The van der Waals surface area contributed by atoms with Crippen LogP contribution in [0, 0.1) is 0 Å². The number of morpholine rings is 1. The first-order valence-electron chi connectivity index (χ1n) is 5.30. The number of halogens is 1. The monoisotopic (exact) mass is 221 g/mol. The van der Waals surface area contributed by atoms with Gasteiger partial charge in [0.2, 0.25) is 0 Å². The van der Waals surface area contributed by atoms with E-state index in [1.165, 1.54) is 0 Å². The fourth-order valence-electron chi connectivity index (χ4n) is 1.79. The Labute approximate surface area is 91.0 Å². The molecule has 0 spiro atoms. The highest BCUT2D eigenvalue weighted by Crippen LogP contribution is 2.11. The molecule has 14 heavy (non-hydrogen) atoms. The first kappa shape index (κ1) is 12.2. The molecule has 0 aromatic heterocycles. The quantitative estimate of drug-likeness (QED) is 0.706. The molecular weight excluding hydrogens is 202 g/mol. The van der Waals surface area contributed by atoms with E-state index >= 15 is 0 Å². The van der Waals surface area contributed by atoms with Crippen molar-refractivity contribution in [3.05, 3.63) is 0 Å². The van der Waals surface area contributed by atoms with Gasteiger partial charge in [-0.15, -0.1) is 11.6 Å². The smallest absolute Gasteiger partial charge is 0.0727 e. The van der Waals surface area contributed by atoms with Gasteiger partial charge in [-0.1, -0.05) is 0 Å². The maximum atomic E-state index is 9.25. The standard InChI is InChI=1S/C10H20ClNO2/c1-9(13)7-10-8-12(4-2-3-11)5-6-14-10/h9-10,13H,2-8H2,1H3/t9?,10-/m1/s1. The first-order valence-corrected chi connectivity index (χ1v) is 5.84. The number of aliphatic hydroxyl groups is 1. The molecule has 0 amide bonds. The van der Waals surface area contributed by atoms with Gasteiger partial charge in [0.15, 0.2) is 0 Å². The SMILES string of the molecule is CC(O)C[C@@H]1CN(CCCCl)CCO1. The van der Waals surface area contributed by atoms with Crippen molar-refractivity contribution in [3.8, 4) is 0 Å². The zero-order chi connectivity index (χ0) is 10.4. The van der Waals surface area contributed by atoms with Crippen LogP contribution in [0.1, 0.15) is 19.8 Å². The second kappa shape index (κ2) is 6.62. The Morgan fingerprint density at radius 1 is 1.64 bits per heavy atom. The van der Waals surface area contributed by atoms with Crippen LogP contribution in [0.3, 0.4) is 0 Å². The molecular formula is C10H20ClNO2. The summed E-state index contributed by atoms with van der Waals surface area (Å²) in [4.78, 5) is 2.36. The van der Waals surface area contributed by atoms with Crippen LogP contribution in [0.2, 0.25) is 0 Å². The van der Waals surface area contributed by atoms with Crippen LogP contribution < -0.4 is 0 Å².